The van der Waals surface area contributed by atoms with E-state index in [1.54, 1.807) is 0 Å². The first-order chi connectivity index (χ1) is 10.9. The first-order valence-electron chi connectivity index (χ1n) is 8.15. The van der Waals surface area contributed by atoms with Crippen molar-refractivity contribution in [2.75, 3.05) is 13.7 Å². The van der Waals surface area contributed by atoms with Crippen LogP contribution in [0.15, 0.2) is 24.3 Å². The minimum Gasteiger partial charge on any atom is -0.469 e. The van der Waals surface area contributed by atoms with Crippen LogP contribution in [0.3, 0.4) is 0 Å². The van der Waals surface area contributed by atoms with E-state index in [9.17, 15) is 9.59 Å². The van der Waals surface area contributed by atoms with Crippen LogP contribution in [0, 0.1) is 12.8 Å². The van der Waals surface area contributed by atoms with Gasteiger partial charge in [0.05, 0.1) is 18.6 Å². The average molecular weight is 355 g/mol. The molecule has 0 heterocycles. The van der Waals surface area contributed by atoms with E-state index in [4.69, 9.17) is 10.5 Å². The second kappa shape index (κ2) is 9.04. The first-order valence-corrected chi connectivity index (χ1v) is 8.15. The summed E-state index contributed by atoms with van der Waals surface area (Å²) < 4.78 is 4.88. The number of carbonyl (C=O) groups is 2. The lowest BCUT2D eigenvalue weighted by Gasteiger charge is -2.24. The number of hydrogen-bond acceptors (Lipinski definition) is 4. The molecule has 0 bridgehead atoms. The maximum Gasteiger partial charge on any atom is 0.310 e. The molecule has 1 aliphatic carbocycles. The van der Waals surface area contributed by atoms with Crippen LogP contribution in [0.2, 0.25) is 0 Å². The number of benzene rings is 1. The van der Waals surface area contributed by atoms with Gasteiger partial charge in [0, 0.05) is 6.54 Å². The number of nitrogens with two attached hydrogens (primary N) is 1. The standard InChI is InChI=1S/C18H26N2O3.ClH/c1-13-6-5-7-14(10-13)11-15(16(21)23-2)12-20-17(22)18(19)8-3-4-9-18;/h5-7,10,15H,3-4,8-9,11-12,19H2,1-2H3,(H,20,22);1H. The van der Waals surface area contributed by atoms with Gasteiger partial charge < -0.3 is 15.8 Å². The van der Waals surface area contributed by atoms with Crippen molar-refractivity contribution in [3.63, 3.8) is 0 Å². The lowest BCUT2D eigenvalue weighted by atomic mass is 9.95. The molecule has 1 unspecified atom stereocenters. The van der Waals surface area contributed by atoms with Gasteiger partial charge in [-0.3, -0.25) is 9.59 Å². The number of methoxy groups -OCH3 is 1. The number of hydrogen-bond donors (Lipinski definition) is 2. The minimum atomic E-state index is -0.774. The second-order valence-corrected chi connectivity index (χ2v) is 6.49. The normalized spacial score (nSPS) is 16.8. The molecule has 1 fully saturated rings. The lowest BCUT2D eigenvalue weighted by Crippen LogP contribution is -2.53. The summed E-state index contributed by atoms with van der Waals surface area (Å²) in [6.07, 6.45) is 3.91. The molecule has 1 amide bonds. The van der Waals surface area contributed by atoms with Crippen molar-refractivity contribution >= 4 is 24.3 Å². The predicted octanol–water partition coefficient (Wildman–Crippen LogP) is 2.14. The molecule has 0 saturated heterocycles. The van der Waals surface area contributed by atoms with Crippen molar-refractivity contribution in [3.05, 3.63) is 35.4 Å². The minimum absolute atomic E-state index is 0. The highest BCUT2D eigenvalue weighted by molar-refractivity contribution is 5.87. The topological polar surface area (TPSA) is 81.4 Å². The van der Waals surface area contributed by atoms with Crippen molar-refractivity contribution < 1.29 is 14.3 Å². The predicted molar refractivity (Wildman–Crippen MR) is 96.0 cm³/mol. The second-order valence-electron chi connectivity index (χ2n) is 6.49. The zero-order valence-electron chi connectivity index (χ0n) is 14.3. The van der Waals surface area contributed by atoms with E-state index in [0.717, 1.165) is 24.0 Å². The van der Waals surface area contributed by atoms with Gasteiger partial charge in [0.15, 0.2) is 0 Å². The van der Waals surface area contributed by atoms with Crippen LogP contribution in [0.4, 0.5) is 0 Å². The maximum absolute atomic E-state index is 12.3. The Bertz CT molecular complexity index is 571. The third kappa shape index (κ3) is 5.21. The molecule has 1 atom stereocenters. The molecule has 1 aromatic carbocycles. The summed E-state index contributed by atoms with van der Waals surface area (Å²) >= 11 is 0. The van der Waals surface area contributed by atoms with E-state index < -0.39 is 11.5 Å². The zero-order valence-corrected chi connectivity index (χ0v) is 15.2. The van der Waals surface area contributed by atoms with Crippen LogP contribution in [0.5, 0.6) is 0 Å². The summed E-state index contributed by atoms with van der Waals surface area (Å²) in [5.41, 5.74) is 7.56. The highest BCUT2D eigenvalue weighted by atomic mass is 35.5. The molecular formula is C18H27ClN2O3. The van der Waals surface area contributed by atoms with E-state index in [-0.39, 0.29) is 30.8 Å². The molecule has 24 heavy (non-hydrogen) atoms. The molecule has 2 rings (SSSR count). The molecule has 1 aromatic rings. The van der Waals surface area contributed by atoms with Gasteiger partial charge >= 0.3 is 5.97 Å². The number of amides is 1. The molecule has 3 N–H and O–H groups in total. The Morgan fingerprint density at radius 2 is 2.00 bits per heavy atom. The van der Waals surface area contributed by atoms with Gasteiger partial charge in [-0.2, -0.15) is 0 Å². The highest BCUT2D eigenvalue weighted by Crippen LogP contribution is 2.27. The van der Waals surface area contributed by atoms with Crippen LogP contribution in [-0.2, 0) is 20.7 Å². The SMILES string of the molecule is COC(=O)C(CNC(=O)C1(N)CCCC1)Cc1cccc(C)c1.Cl. The third-order valence-corrected chi connectivity index (χ3v) is 4.56. The number of ether oxygens (including phenoxy) is 1. The summed E-state index contributed by atoms with van der Waals surface area (Å²) in [5.74, 6) is -0.881. The quantitative estimate of drug-likeness (QED) is 0.767. The van der Waals surface area contributed by atoms with Gasteiger partial charge in [-0.15, -0.1) is 12.4 Å². The van der Waals surface area contributed by atoms with Crippen LogP contribution in [0.1, 0.15) is 36.8 Å². The van der Waals surface area contributed by atoms with Gasteiger partial charge in [-0.1, -0.05) is 42.7 Å². The Hall–Kier alpha value is -1.59. The largest absolute Gasteiger partial charge is 0.469 e. The Morgan fingerprint density at radius 1 is 1.33 bits per heavy atom. The zero-order chi connectivity index (χ0) is 16.9. The van der Waals surface area contributed by atoms with Gasteiger partial charge in [0.2, 0.25) is 5.91 Å². The highest BCUT2D eigenvalue weighted by Gasteiger charge is 2.37. The molecule has 1 aliphatic rings. The van der Waals surface area contributed by atoms with E-state index in [1.165, 1.54) is 7.11 Å². The van der Waals surface area contributed by atoms with E-state index in [1.807, 2.05) is 31.2 Å². The number of carbonyl (C=O) groups excluding carboxylic acids is 2. The molecule has 0 aliphatic heterocycles. The molecule has 0 aromatic heterocycles. The summed E-state index contributed by atoms with van der Waals surface area (Å²) in [5, 5.41) is 2.85. The van der Waals surface area contributed by atoms with E-state index in [2.05, 4.69) is 5.32 Å². The fourth-order valence-corrected chi connectivity index (χ4v) is 3.15. The first kappa shape index (κ1) is 20.5. The number of halogens is 1. The summed E-state index contributed by atoms with van der Waals surface area (Å²) in [6, 6.07) is 7.99. The number of rotatable bonds is 6. The van der Waals surface area contributed by atoms with Crippen molar-refractivity contribution in [2.45, 2.75) is 44.6 Å². The summed E-state index contributed by atoms with van der Waals surface area (Å²) in [4.78, 5) is 24.3. The fraction of sp³-hybridized carbons (Fsp3) is 0.556. The number of nitrogens with one attached hydrogen (secondary N) is 1. The summed E-state index contributed by atoms with van der Waals surface area (Å²) in [7, 11) is 1.37. The van der Waals surface area contributed by atoms with Crippen molar-refractivity contribution in [1.29, 1.82) is 0 Å². The molecule has 0 spiro atoms. The van der Waals surface area contributed by atoms with Crippen molar-refractivity contribution in [1.82, 2.24) is 5.32 Å². The Labute approximate surface area is 149 Å². The van der Waals surface area contributed by atoms with Gasteiger partial charge in [0.25, 0.3) is 0 Å². The average Bonchev–Trinajstić information content (AvgIpc) is 2.98. The van der Waals surface area contributed by atoms with Gasteiger partial charge in [-0.05, 0) is 31.7 Å². The van der Waals surface area contributed by atoms with Crippen molar-refractivity contribution in [2.24, 2.45) is 11.7 Å². The fourth-order valence-electron chi connectivity index (χ4n) is 3.15. The van der Waals surface area contributed by atoms with Crippen LogP contribution >= 0.6 is 12.4 Å². The molecule has 5 nitrogen and oxygen atoms in total. The van der Waals surface area contributed by atoms with E-state index >= 15 is 0 Å². The van der Waals surface area contributed by atoms with Gasteiger partial charge in [-0.25, -0.2) is 0 Å². The number of esters is 1. The summed E-state index contributed by atoms with van der Waals surface area (Å²) in [6.45, 7) is 2.26. The smallest absolute Gasteiger partial charge is 0.310 e. The number of aryl methyl sites for hydroxylation is 1. The van der Waals surface area contributed by atoms with Crippen LogP contribution in [-0.4, -0.2) is 31.1 Å². The van der Waals surface area contributed by atoms with Crippen LogP contribution < -0.4 is 11.1 Å². The molecule has 1 saturated carbocycles. The Balaban J connectivity index is 0.00000288. The molecule has 6 heteroatoms. The van der Waals surface area contributed by atoms with E-state index in [0.29, 0.717) is 19.3 Å². The Kier molecular flexibility index (Phi) is 7.70. The monoisotopic (exact) mass is 354 g/mol. The van der Waals surface area contributed by atoms with Crippen molar-refractivity contribution in [3.8, 4) is 0 Å². The molecule has 0 radical (unpaired) electrons. The van der Waals surface area contributed by atoms with Gasteiger partial charge in [0.1, 0.15) is 0 Å². The third-order valence-electron chi connectivity index (χ3n) is 4.56. The van der Waals surface area contributed by atoms with Crippen LogP contribution in [0.25, 0.3) is 0 Å². The molecular weight excluding hydrogens is 328 g/mol. The molecule has 134 valence electrons. The Morgan fingerprint density at radius 3 is 2.58 bits per heavy atom. The lowest BCUT2D eigenvalue weighted by molar-refractivity contribution is -0.145. The maximum atomic E-state index is 12.3.